The van der Waals surface area contributed by atoms with E-state index in [0.717, 1.165) is 30.5 Å². The number of carbonyl (C=O) groups excluding carboxylic acids is 1. The molecule has 1 atom stereocenters. The number of hydrogen-bond donors (Lipinski definition) is 0. The minimum Gasteiger partial charge on any atom is -0.445 e. The number of hydrogen-bond acceptors (Lipinski definition) is 6. The van der Waals surface area contributed by atoms with Crippen molar-refractivity contribution in [1.82, 2.24) is 24.8 Å². The van der Waals surface area contributed by atoms with Gasteiger partial charge in [-0.1, -0.05) is 17.3 Å². The average molecular weight is 449 g/mol. The summed E-state index contributed by atoms with van der Waals surface area (Å²) in [6.07, 6.45) is 7.55. The Morgan fingerprint density at radius 3 is 2.88 bits per heavy atom. The lowest BCUT2D eigenvalue weighted by Crippen LogP contribution is -2.39. The van der Waals surface area contributed by atoms with Crippen molar-refractivity contribution in [3.63, 3.8) is 0 Å². The van der Waals surface area contributed by atoms with E-state index in [1.54, 1.807) is 40.2 Å². The van der Waals surface area contributed by atoms with Crippen LogP contribution in [-0.2, 0) is 13.0 Å². The van der Waals surface area contributed by atoms with Crippen molar-refractivity contribution in [3.05, 3.63) is 77.7 Å². The number of aryl methyl sites for hydroxylation is 1. The van der Waals surface area contributed by atoms with Crippen molar-refractivity contribution >= 4 is 5.91 Å². The standard InChI is InChI=1S/C24H24FN5O3/c1-2-30-15-18(12-27-30)21-11-22(33-28-21)24(31)29-9-3-4-17(14-29)23-26-13-20(32-23)10-16-5-7-19(25)8-6-16/h5-8,11-13,15,17H,2-4,9-10,14H2,1H3/t17-/m1/s1. The number of halogens is 1. The third-order valence-electron chi connectivity index (χ3n) is 5.89. The molecule has 5 rings (SSSR count). The summed E-state index contributed by atoms with van der Waals surface area (Å²) in [6, 6.07) is 7.99. The van der Waals surface area contributed by atoms with Crippen molar-refractivity contribution in [2.24, 2.45) is 0 Å². The number of rotatable bonds is 6. The summed E-state index contributed by atoms with van der Waals surface area (Å²) in [7, 11) is 0. The first-order valence-electron chi connectivity index (χ1n) is 11.1. The van der Waals surface area contributed by atoms with Gasteiger partial charge in [0.15, 0.2) is 5.89 Å². The van der Waals surface area contributed by atoms with E-state index >= 15 is 0 Å². The normalized spacial score (nSPS) is 16.3. The molecule has 1 saturated heterocycles. The van der Waals surface area contributed by atoms with E-state index in [1.165, 1.54) is 12.1 Å². The van der Waals surface area contributed by atoms with Crippen LogP contribution in [0.25, 0.3) is 11.3 Å². The molecule has 0 saturated carbocycles. The van der Waals surface area contributed by atoms with Crippen LogP contribution in [0.15, 0.2) is 57.9 Å². The van der Waals surface area contributed by atoms with E-state index in [4.69, 9.17) is 8.94 Å². The molecule has 170 valence electrons. The highest BCUT2D eigenvalue weighted by Gasteiger charge is 2.30. The molecule has 4 aromatic rings. The second-order valence-electron chi connectivity index (χ2n) is 8.22. The number of piperidine rings is 1. The largest absolute Gasteiger partial charge is 0.445 e. The third kappa shape index (κ3) is 4.57. The summed E-state index contributed by atoms with van der Waals surface area (Å²) in [4.78, 5) is 19.3. The van der Waals surface area contributed by atoms with Gasteiger partial charge in [0.05, 0.1) is 18.3 Å². The van der Waals surface area contributed by atoms with Crippen LogP contribution in [0.4, 0.5) is 4.39 Å². The summed E-state index contributed by atoms with van der Waals surface area (Å²) in [5.74, 6) is 1.09. The summed E-state index contributed by atoms with van der Waals surface area (Å²) in [5.41, 5.74) is 2.35. The van der Waals surface area contributed by atoms with Crippen molar-refractivity contribution in [2.75, 3.05) is 13.1 Å². The molecule has 4 heterocycles. The van der Waals surface area contributed by atoms with Crippen LogP contribution in [0.3, 0.4) is 0 Å². The fraction of sp³-hybridized carbons (Fsp3) is 0.333. The molecule has 0 bridgehead atoms. The molecule has 8 nitrogen and oxygen atoms in total. The summed E-state index contributed by atoms with van der Waals surface area (Å²) in [6.45, 7) is 3.90. The number of aromatic nitrogens is 4. The highest BCUT2D eigenvalue weighted by molar-refractivity contribution is 5.92. The quantitative estimate of drug-likeness (QED) is 0.436. The maximum absolute atomic E-state index is 13.1. The van der Waals surface area contributed by atoms with Crippen LogP contribution in [-0.4, -0.2) is 43.8 Å². The van der Waals surface area contributed by atoms with Gasteiger partial charge in [0.25, 0.3) is 5.91 Å². The van der Waals surface area contributed by atoms with Crippen molar-refractivity contribution in [3.8, 4) is 11.3 Å². The molecule has 1 fully saturated rings. The van der Waals surface area contributed by atoms with Gasteiger partial charge in [0.1, 0.15) is 17.3 Å². The summed E-state index contributed by atoms with van der Waals surface area (Å²) >= 11 is 0. The maximum atomic E-state index is 13.1. The number of amides is 1. The minimum absolute atomic E-state index is 0.00912. The molecule has 3 aromatic heterocycles. The van der Waals surface area contributed by atoms with Crippen LogP contribution < -0.4 is 0 Å². The number of nitrogens with zero attached hydrogens (tertiary/aromatic N) is 5. The first-order valence-corrected chi connectivity index (χ1v) is 11.1. The zero-order chi connectivity index (χ0) is 22.8. The molecular formula is C24H24FN5O3. The van der Waals surface area contributed by atoms with Gasteiger partial charge in [0.2, 0.25) is 5.76 Å². The van der Waals surface area contributed by atoms with Gasteiger partial charge < -0.3 is 13.8 Å². The lowest BCUT2D eigenvalue weighted by molar-refractivity contribution is 0.0656. The van der Waals surface area contributed by atoms with Gasteiger partial charge in [-0.25, -0.2) is 9.37 Å². The van der Waals surface area contributed by atoms with Crippen molar-refractivity contribution in [1.29, 1.82) is 0 Å². The summed E-state index contributed by atoms with van der Waals surface area (Å²) < 4.78 is 26.2. The first kappa shape index (κ1) is 21.1. The van der Waals surface area contributed by atoms with Gasteiger partial charge in [-0.15, -0.1) is 0 Å². The number of benzene rings is 1. The Morgan fingerprint density at radius 2 is 2.09 bits per heavy atom. The smallest absolute Gasteiger partial charge is 0.292 e. The Morgan fingerprint density at radius 1 is 1.24 bits per heavy atom. The van der Waals surface area contributed by atoms with Crippen LogP contribution in [0, 0.1) is 5.82 Å². The molecule has 33 heavy (non-hydrogen) atoms. The van der Waals surface area contributed by atoms with Crippen molar-refractivity contribution < 1.29 is 18.1 Å². The van der Waals surface area contributed by atoms with E-state index in [0.29, 0.717) is 36.9 Å². The first-order chi connectivity index (χ1) is 16.1. The Balaban J connectivity index is 1.25. The fourth-order valence-corrected chi connectivity index (χ4v) is 4.10. The van der Waals surface area contributed by atoms with Gasteiger partial charge in [0, 0.05) is 43.9 Å². The summed E-state index contributed by atoms with van der Waals surface area (Å²) in [5, 5.41) is 8.28. The second-order valence-corrected chi connectivity index (χ2v) is 8.22. The molecule has 1 aliphatic heterocycles. The predicted molar refractivity (Wildman–Crippen MR) is 117 cm³/mol. The van der Waals surface area contributed by atoms with E-state index in [9.17, 15) is 9.18 Å². The number of carbonyl (C=O) groups is 1. The highest BCUT2D eigenvalue weighted by atomic mass is 19.1. The van der Waals surface area contributed by atoms with Gasteiger partial charge in [-0.3, -0.25) is 9.48 Å². The number of oxazole rings is 1. The van der Waals surface area contributed by atoms with Gasteiger partial charge >= 0.3 is 0 Å². The molecule has 1 aromatic carbocycles. The lowest BCUT2D eigenvalue weighted by Gasteiger charge is -2.30. The average Bonchev–Trinajstić information content (AvgIpc) is 3.60. The van der Waals surface area contributed by atoms with Crippen molar-refractivity contribution in [2.45, 2.75) is 38.6 Å². The molecule has 1 aliphatic rings. The predicted octanol–water partition coefficient (Wildman–Crippen LogP) is 4.30. The molecule has 0 aliphatic carbocycles. The highest BCUT2D eigenvalue weighted by Crippen LogP contribution is 2.29. The monoisotopic (exact) mass is 449 g/mol. The molecule has 0 unspecified atom stereocenters. The van der Waals surface area contributed by atoms with Crippen LogP contribution in [0.2, 0.25) is 0 Å². The van der Waals surface area contributed by atoms with Crippen LogP contribution in [0.5, 0.6) is 0 Å². The van der Waals surface area contributed by atoms with E-state index in [2.05, 4.69) is 15.2 Å². The van der Waals surface area contributed by atoms with Gasteiger partial charge in [-0.05, 0) is 37.5 Å². The third-order valence-corrected chi connectivity index (χ3v) is 5.89. The topological polar surface area (TPSA) is 90.2 Å². The molecule has 9 heteroatoms. The Hall–Kier alpha value is -3.75. The molecular weight excluding hydrogens is 425 g/mol. The minimum atomic E-state index is -0.265. The Labute approximate surface area is 190 Å². The molecule has 0 spiro atoms. The fourth-order valence-electron chi connectivity index (χ4n) is 4.10. The Bertz CT molecular complexity index is 1240. The second kappa shape index (κ2) is 9.01. The van der Waals surface area contributed by atoms with Crippen LogP contribution >= 0.6 is 0 Å². The maximum Gasteiger partial charge on any atom is 0.292 e. The van der Waals surface area contributed by atoms with Gasteiger partial charge in [-0.2, -0.15) is 5.10 Å². The Kier molecular flexibility index (Phi) is 5.77. The molecule has 0 radical (unpaired) electrons. The van der Waals surface area contributed by atoms with E-state index < -0.39 is 0 Å². The zero-order valence-electron chi connectivity index (χ0n) is 18.3. The molecule has 0 N–H and O–H groups in total. The van der Waals surface area contributed by atoms with E-state index in [-0.39, 0.29) is 23.4 Å². The van der Waals surface area contributed by atoms with Crippen LogP contribution in [0.1, 0.15) is 53.5 Å². The SMILES string of the molecule is CCn1cc(-c2cc(C(=O)N3CCC[C@@H](c4ncc(Cc5ccc(F)cc5)o4)C3)on2)cn1. The van der Waals surface area contributed by atoms with E-state index in [1.807, 2.05) is 13.1 Å². The number of likely N-dealkylation sites (tertiary alicyclic amines) is 1. The lowest BCUT2D eigenvalue weighted by atomic mass is 9.98. The zero-order valence-corrected chi connectivity index (χ0v) is 18.3. The molecule has 1 amide bonds.